The van der Waals surface area contributed by atoms with E-state index < -0.39 is 5.92 Å². The lowest BCUT2D eigenvalue weighted by atomic mass is 10.1. The first-order valence-electron chi connectivity index (χ1n) is 3.29. The van der Waals surface area contributed by atoms with E-state index in [0.29, 0.717) is 6.29 Å². The molecule has 0 aromatic rings. The van der Waals surface area contributed by atoms with Gasteiger partial charge in [-0.15, -0.1) is 0 Å². The Hall–Kier alpha value is -0.470. The predicted octanol–water partition coefficient (Wildman–Crippen LogP) is 2.26. The highest BCUT2D eigenvalue weighted by Gasteiger charge is 2.21. The molecule has 0 aliphatic rings. The van der Waals surface area contributed by atoms with E-state index in [4.69, 9.17) is 0 Å². The highest BCUT2D eigenvalue weighted by atomic mass is 19.3. The molecule has 3 heteroatoms. The summed E-state index contributed by atoms with van der Waals surface area (Å²) < 4.78 is 24.2. The molecule has 0 spiro atoms. The van der Waals surface area contributed by atoms with Crippen molar-refractivity contribution in [3.8, 4) is 0 Å². The molecule has 0 saturated heterocycles. The summed E-state index contributed by atoms with van der Waals surface area (Å²) >= 11 is 0. The average Bonchev–Trinajstić information content (AvgIpc) is 1.81. The van der Waals surface area contributed by atoms with E-state index in [0.717, 1.165) is 6.92 Å². The van der Waals surface area contributed by atoms with Crippen molar-refractivity contribution in [1.29, 1.82) is 0 Å². The SMILES string of the molecule is CC(C=O)CCC(C)(F)F. The van der Waals surface area contributed by atoms with Gasteiger partial charge in [0.25, 0.3) is 0 Å². The van der Waals surface area contributed by atoms with Crippen LogP contribution in [0.3, 0.4) is 0 Å². The highest BCUT2D eigenvalue weighted by molar-refractivity contribution is 5.52. The second-order valence-electron chi connectivity index (χ2n) is 2.72. The van der Waals surface area contributed by atoms with Crippen LogP contribution in [0.15, 0.2) is 0 Å². The van der Waals surface area contributed by atoms with Gasteiger partial charge in [-0.1, -0.05) is 6.92 Å². The summed E-state index contributed by atoms with van der Waals surface area (Å²) in [5.41, 5.74) is 0. The Kier molecular flexibility index (Phi) is 3.47. The fourth-order valence-corrected chi connectivity index (χ4v) is 0.549. The minimum absolute atomic E-state index is 0.201. The molecule has 0 aliphatic carbocycles. The minimum Gasteiger partial charge on any atom is -0.303 e. The van der Waals surface area contributed by atoms with Crippen molar-refractivity contribution in [3.63, 3.8) is 0 Å². The van der Waals surface area contributed by atoms with E-state index in [1.807, 2.05) is 0 Å². The maximum absolute atomic E-state index is 12.1. The second kappa shape index (κ2) is 3.64. The number of rotatable bonds is 4. The Balaban J connectivity index is 3.45. The molecule has 0 fully saturated rings. The third-order valence-electron chi connectivity index (χ3n) is 1.27. The minimum atomic E-state index is -2.63. The molecular formula is C7H12F2O. The van der Waals surface area contributed by atoms with Crippen LogP contribution < -0.4 is 0 Å². The molecule has 0 N–H and O–H groups in total. The van der Waals surface area contributed by atoms with Crippen molar-refractivity contribution in [2.45, 2.75) is 32.6 Å². The third kappa shape index (κ3) is 5.66. The molecule has 0 aromatic heterocycles. The highest BCUT2D eigenvalue weighted by Crippen LogP contribution is 2.20. The standard InChI is InChI=1S/C7H12F2O/c1-6(5-10)3-4-7(2,8)9/h5-6H,3-4H2,1-2H3. The van der Waals surface area contributed by atoms with Crippen LogP contribution in [0.4, 0.5) is 8.78 Å². The molecule has 1 unspecified atom stereocenters. The van der Waals surface area contributed by atoms with Gasteiger partial charge in [0.05, 0.1) is 0 Å². The van der Waals surface area contributed by atoms with Crippen LogP contribution in [-0.4, -0.2) is 12.2 Å². The molecule has 0 aromatic carbocycles. The van der Waals surface area contributed by atoms with Gasteiger partial charge in [-0.3, -0.25) is 0 Å². The molecule has 0 rings (SSSR count). The molecule has 60 valence electrons. The van der Waals surface area contributed by atoms with Crippen molar-refractivity contribution in [2.24, 2.45) is 5.92 Å². The Bertz CT molecular complexity index is 107. The van der Waals surface area contributed by atoms with Gasteiger partial charge in [0.15, 0.2) is 0 Å². The molecule has 0 amide bonds. The van der Waals surface area contributed by atoms with Crippen LogP contribution >= 0.6 is 0 Å². The van der Waals surface area contributed by atoms with Crippen LogP contribution in [0.2, 0.25) is 0 Å². The van der Waals surface area contributed by atoms with Crippen molar-refractivity contribution in [3.05, 3.63) is 0 Å². The zero-order valence-electron chi connectivity index (χ0n) is 6.23. The summed E-state index contributed by atoms with van der Waals surface area (Å²) in [6.45, 7) is 2.50. The van der Waals surface area contributed by atoms with Gasteiger partial charge in [0, 0.05) is 12.3 Å². The third-order valence-corrected chi connectivity index (χ3v) is 1.27. The van der Waals surface area contributed by atoms with Gasteiger partial charge in [0.2, 0.25) is 5.92 Å². The fraction of sp³-hybridized carbons (Fsp3) is 0.857. The first kappa shape index (κ1) is 9.53. The topological polar surface area (TPSA) is 17.1 Å². The van der Waals surface area contributed by atoms with E-state index in [-0.39, 0.29) is 18.8 Å². The number of carbonyl (C=O) groups excluding carboxylic acids is 1. The van der Waals surface area contributed by atoms with E-state index in [2.05, 4.69) is 0 Å². The van der Waals surface area contributed by atoms with Crippen molar-refractivity contribution in [2.75, 3.05) is 0 Å². The lowest BCUT2D eigenvalue weighted by Gasteiger charge is -2.10. The largest absolute Gasteiger partial charge is 0.303 e. The van der Waals surface area contributed by atoms with Gasteiger partial charge in [-0.2, -0.15) is 0 Å². The van der Waals surface area contributed by atoms with Crippen molar-refractivity contribution >= 4 is 6.29 Å². The van der Waals surface area contributed by atoms with E-state index in [9.17, 15) is 13.6 Å². The Morgan fingerprint density at radius 2 is 2.10 bits per heavy atom. The van der Waals surface area contributed by atoms with Gasteiger partial charge in [-0.05, 0) is 13.3 Å². The number of halogens is 2. The second-order valence-corrected chi connectivity index (χ2v) is 2.72. The van der Waals surface area contributed by atoms with Gasteiger partial charge in [-0.25, -0.2) is 8.78 Å². The maximum atomic E-state index is 12.1. The lowest BCUT2D eigenvalue weighted by molar-refractivity contribution is -0.111. The number of hydrogen-bond donors (Lipinski definition) is 0. The van der Waals surface area contributed by atoms with Crippen LogP contribution in [0.25, 0.3) is 0 Å². The van der Waals surface area contributed by atoms with Gasteiger partial charge in [0.1, 0.15) is 6.29 Å². The van der Waals surface area contributed by atoms with Crippen LogP contribution in [0, 0.1) is 5.92 Å². The van der Waals surface area contributed by atoms with Gasteiger partial charge < -0.3 is 4.79 Å². The smallest absolute Gasteiger partial charge is 0.245 e. The first-order valence-corrected chi connectivity index (χ1v) is 3.29. The van der Waals surface area contributed by atoms with E-state index >= 15 is 0 Å². The Labute approximate surface area is 59.4 Å². The number of alkyl halides is 2. The van der Waals surface area contributed by atoms with Crippen LogP contribution in [-0.2, 0) is 4.79 Å². The molecular weight excluding hydrogens is 138 g/mol. The quantitative estimate of drug-likeness (QED) is 0.562. The lowest BCUT2D eigenvalue weighted by Crippen LogP contribution is -2.11. The number of carbonyl (C=O) groups is 1. The zero-order chi connectivity index (χ0) is 8.20. The molecule has 0 bridgehead atoms. The maximum Gasteiger partial charge on any atom is 0.245 e. The summed E-state index contributed by atoms with van der Waals surface area (Å²) in [4.78, 5) is 9.98. The summed E-state index contributed by atoms with van der Waals surface area (Å²) in [6.07, 6.45) is 0.769. The van der Waals surface area contributed by atoms with Gasteiger partial charge >= 0.3 is 0 Å². The molecule has 1 nitrogen and oxygen atoms in total. The summed E-state index contributed by atoms with van der Waals surface area (Å²) in [5.74, 6) is -2.87. The summed E-state index contributed by atoms with van der Waals surface area (Å²) in [6, 6.07) is 0. The monoisotopic (exact) mass is 150 g/mol. The predicted molar refractivity (Wildman–Crippen MR) is 35.1 cm³/mol. The zero-order valence-corrected chi connectivity index (χ0v) is 6.23. The molecule has 10 heavy (non-hydrogen) atoms. The van der Waals surface area contributed by atoms with Crippen LogP contribution in [0.5, 0.6) is 0 Å². The Morgan fingerprint density at radius 1 is 1.60 bits per heavy atom. The van der Waals surface area contributed by atoms with E-state index in [1.54, 1.807) is 6.92 Å². The van der Waals surface area contributed by atoms with Crippen molar-refractivity contribution < 1.29 is 13.6 Å². The molecule has 0 aliphatic heterocycles. The number of hydrogen-bond acceptors (Lipinski definition) is 1. The molecule has 1 atom stereocenters. The molecule has 0 saturated carbocycles. The fourth-order valence-electron chi connectivity index (χ4n) is 0.549. The normalized spacial score (nSPS) is 14.8. The molecule has 0 heterocycles. The summed E-state index contributed by atoms with van der Waals surface area (Å²) in [7, 11) is 0. The van der Waals surface area contributed by atoms with Crippen LogP contribution in [0.1, 0.15) is 26.7 Å². The number of aldehydes is 1. The molecule has 0 radical (unpaired) electrons. The average molecular weight is 150 g/mol. The van der Waals surface area contributed by atoms with Crippen molar-refractivity contribution in [1.82, 2.24) is 0 Å². The van der Waals surface area contributed by atoms with E-state index in [1.165, 1.54) is 0 Å². The summed E-state index contributed by atoms with van der Waals surface area (Å²) in [5, 5.41) is 0. The first-order chi connectivity index (χ1) is 4.45. The Morgan fingerprint density at radius 3 is 2.40 bits per heavy atom.